The van der Waals surface area contributed by atoms with Crippen LogP contribution in [0.5, 0.6) is 11.8 Å². The molecule has 0 saturated carbocycles. The second-order valence-corrected chi connectivity index (χ2v) is 9.10. The van der Waals surface area contributed by atoms with E-state index in [1.54, 1.807) is 56.3 Å². The van der Waals surface area contributed by atoms with Crippen LogP contribution in [0.1, 0.15) is 13.8 Å². The Morgan fingerprint density at radius 2 is 1.61 bits per heavy atom. The van der Waals surface area contributed by atoms with E-state index < -0.39 is 28.0 Å². The molecule has 3 rings (SSSR count). The molecule has 0 radical (unpaired) electrons. The van der Waals surface area contributed by atoms with E-state index in [2.05, 4.69) is 14.7 Å². The van der Waals surface area contributed by atoms with Gasteiger partial charge in [-0.25, -0.2) is 13.4 Å². The Morgan fingerprint density at radius 3 is 2.13 bits per heavy atom. The number of aliphatic carboxylic acids is 1. The van der Waals surface area contributed by atoms with Crippen LogP contribution in [0.15, 0.2) is 65.7 Å². The molecule has 1 heterocycles. The summed E-state index contributed by atoms with van der Waals surface area (Å²) in [5.41, 5.74) is 1.62. The molecule has 1 atom stereocenters. The number of carboxylic acids is 1. The second kappa shape index (κ2) is 9.42. The van der Waals surface area contributed by atoms with Crippen LogP contribution < -0.4 is 9.46 Å². The Morgan fingerprint density at radius 1 is 1.03 bits per heavy atom. The Hall–Kier alpha value is -3.01. The van der Waals surface area contributed by atoms with E-state index in [0.29, 0.717) is 5.75 Å². The first-order valence-corrected chi connectivity index (χ1v) is 11.1. The minimum Gasteiger partial charge on any atom is -0.480 e. The third kappa shape index (κ3) is 5.78. The van der Waals surface area contributed by atoms with Crippen molar-refractivity contribution in [1.82, 2.24) is 14.7 Å². The maximum Gasteiger partial charge on any atom is 0.323 e. The lowest BCUT2D eigenvalue weighted by Gasteiger charge is -2.18. The van der Waals surface area contributed by atoms with E-state index in [1.807, 2.05) is 0 Å². The molecule has 0 amide bonds. The van der Waals surface area contributed by atoms with Crippen LogP contribution in [0.2, 0.25) is 5.15 Å². The Balaban J connectivity index is 1.74. The Labute approximate surface area is 184 Å². The fourth-order valence-electron chi connectivity index (χ4n) is 2.72. The van der Waals surface area contributed by atoms with Crippen molar-refractivity contribution < 1.29 is 23.1 Å². The van der Waals surface area contributed by atoms with Gasteiger partial charge in [-0.05, 0) is 47.4 Å². The van der Waals surface area contributed by atoms with Crippen molar-refractivity contribution in [2.45, 2.75) is 24.8 Å². The first-order chi connectivity index (χ1) is 14.7. The van der Waals surface area contributed by atoms with Crippen LogP contribution in [-0.2, 0) is 14.8 Å². The van der Waals surface area contributed by atoms with Crippen molar-refractivity contribution in [1.29, 1.82) is 0 Å². The minimum absolute atomic E-state index is 0.0128. The van der Waals surface area contributed by atoms with Gasteiger partial charge in [-0.1, -0.05) is 49.7 Å². The lowest BCUT2D eigenvalue weighted by molar-refractivity contribution is -0.140. The second-order valence-electron chi connectivity index (χ2n) is 6.99. The molecule has 0 unspecified atom stereocenters. The molecule has 0 aliphatic heterocycles. The summed E-state index contributed by atoms with van der Waals surface area (Å²) in [6.45, 7) is 3.27. The normalized spacial score (nSPS) is 12.5. The number of aromatic nitrogens is 2. The van der Waals surface area contributed by atoms with Gasteiger partial charge < -0.3 is 9.84 Å². The van der Waals surface area contributed by atoms with Crippen molar-refractivity contribution in [3.05, 3.63) is 65.9 Å². The van der Waals surface area contributed by atoms with Gasteiger partial charge in [0.15, 0.2) is 0 Å². The highest BCUT2D eigenvalue weighted by Crippen LogP contribution is 2.26. The average molecular weight is 462 g/mol. The van der Waals surface area contributed by atoms with E-state index >= 15 is 0 Å². The SMILES string of the molecule is CC(C)[C@@H](NS(=O)(=O)c1ccc(-c2ccc(Oc3nccc(Cl)n3)cc2)cc1)C(=O)O. The molecule has 31 heavy (non-hydrogen) atoms. The third-order valence-electron chi connectivity index (χ3n) is 4.38. The zero-order chi connectivity index (χ0) is 22.6. The van der Waals surface area contributed by atoms with Gasteiger partial charge in [0.2, 0.25) is 10.0 Å². The van der Waals surface area contributed by atoms with Crippen LogP contribution in [0.25, 0.3) is 11.1 Å². The molecule has 2 aromatic carbocycles. The van der Waals surface area contributed by atoms with Crippen LogP contribution >= 0.6 is 11.6 Å². The van der Waals surface area contributed by atoms with Gasteiger partial charge in [0, 0.05) is 6.20 Å². The number of carbonyl (C=O) groups is 1. The molecule has 3 aromatic rings. The highest BCUT2D eigenvalue weighted by atomic mass is 35.5. The number of benzene rings is 2. The van der Waals surface area contributed by atoms with E-state index in [4.69, 9.17) is 16.3 Å². The molecule has 10 heteroatoms. The molecular weight excluding hydrogens is 442 g/mol. The summed E-state index contributed by atoms with van der Waals surface area (Å²) in [6, 6.07) is 13.7. The van der Waals surface area contributed by atoms with Crippen molar-refractivity contribution in [3.8, 4) is 22.9 Å². The van der Waals surface area contributed by atoms with E-state index in [0.717, 1.165) is 11.1 Å². The number of ether oxygens (including phenoxy) is 1. The smallest absolute Gasteiger partial charge is 0.323 e. The van der Waals surface area contributed by atoms with Gasteiger partial charge in [0.25, 0.3) is 0 Å². The number of nitrogens with zero attached hydrogens (tertiary/aromatic N) is 2. The van der Waals surface area contributed by atoms with Crippen molar-refractivity contribution >= 4 is 27.6 Å². The molecule has 0 fully saturated rings. The topological polar surface area (TPSA) is 118 Å². The zero-order valence-corrected chi connectivity index (χ0v) is 18.3. The number of sulfonamides is 1. The molecule has 8 nitrogen and oxygen atoms in total. The number of rotatable bonds is 8. The quantitative estimate of drug-likeness (QED) is 0.487. The molecule has 1 aromatic heterocycles. The van der Waals surface area contributed by atoms with Gasteiger partial charge in [-0.2, -0.15) is 9.71 Å². The lowest BCUT2D eigenvalue weighted by Crippen LogP contribution is -2.44. The van der Waals surface area contributed by atoms with Crippen LogP contribution in [0.3, 0.4) is 0 Å². The summed E-state index contributed by atoms with van der Waals surface area (Å²) < 4.78 is 32.8. The molecule has 0 aliphatic rings. The van der Waals surface area contributed by atoms with Crippen molar-refractivity contribution in [2.24, 2.45) is 5.92 Å². The van der Waals surface area contributed by atoms with Crippen LogP contribution in [0, 0.1) is 5.92 Å². The molecule has 2 N–H and O–H groups in total. The van der Waals surface area contributed by atoms with E-state index in [9.17, 15) is 18.3 Å². The Kier molecular flexibility index (Phi) is 6.89. The van der Waals surface area contributed by atoms with Gasteiger partial charge in [-0.15, -0.1) is 0 Å². The Bertz CT molecular complexity index is 1170. The largest absolute Gasteiger partial charge is 0.480 e. The summed E-state index contributed by atoms with van der Waals surface area (Å²) in [7, 11) is -3.97. The molecule has 0 aliphatic carbocycles. The molecule has 0 saturated heterocycles. The predicted molar refractivity (Wildman–Crippen MR) is 116 cm³/mol. The van der Waals surface area contributed by atoms with Crippen LogP contribution in [-0.4, -0.2) is 35.5 Å². The van der Waals surface area contributed by atoms with Gasteiger partial charge in [-0.3, -0.25) is 4.79 Å². The third-order valence-corrected chi connectivity index (χ3v) is 6.04. The summed E-state index contributed by atoms with van der Waals surface area (Å²) >= 11 is 5.81. The van der Waals surface area contributed by atoms with E-state index in [1.165, 1.54) is 18.3 Å². The number of halogens is 1. The molecule has 162 valence electrons. The predicted octanol–water partition coefficient (Wildman–Crippen LogP) is 3.98. The van der Waals surface area contributed by atoms with Crippen molar-refractivity contribution in [3.63, 3.8) is 0 Å². The molecular formula is C21H20ClN3O5S. The van der Waals surface area contributed by atoms with E-state index in [-0.39, 0.29) is 16.1 Å². The molecule has 0 spiro atoms. The summed E-state index contributed by atoms with van der Waals surface area (Å²) in [6.07, 6.45) is 1.49. The highest BCUT2D eigenvalue weighted by Gasteiger charge is 2.27. The molecule has 0 bridgehead atoms. The first-order valence-electron chi connectivity index (χ1n) is 9.28. The number of nitrogens with one attached hydrogen (secondary N) is 1. The highest BCUT2D eigenvalue weighted by molar-refractivity contribution is 7.89. The van der Waals surface area contributed by atoms with Gasteiger partial charge in [0.1, 0.15) is 16.9 Å². The first kappa shape index (κ1) is 22.7. The summed E-state index contributed by atoms with van der Waals surface area (Å²) in [5.74, 6) is -1.10. The summed E-state index contributed by atoms with van der Waals surface area (Å²) in [4.78, 5) is 19.2. The lowest BCUT2D eigenvalue weighted by atomic mass is 10.1. The zero-order valence-electron chi connectivity index (χ0n) is 16.7. The number of hydrogen-bond donors (Lipinski definition) is 2. The van der Waals surface area contributed by atoms with Gasteiger partial charge in [0.05, 0.1) is 4.90 Å². The standard InChI is InChI=1S/C21H20ClN3O5S/c1-13(2)19(20(26)27)25-31(28,29)17-9-5-15(6-10-17)14-3-7-16(8-4-14)30-21-23-12-11-18(22)24-21/h3-13,19,25H,1-2H3,(H,26,27)/t19-/m1/s1. The maximum absolute atomic E-state index is 12.5. The minimum atomic E-state index is -3.97. The van der Waals surface area contributed by atoms with Gasteiger partial charge >= 0.3 is 12.0 Å². The fourth-order valence-corrected chi connectivity index (χ4v) is 4.19. The fraction of sp³-hybridized carbons (Fsp3) is 0.190. The monoisotopic (exact) mass is 461 g/mol. The number of carboxylic acid groups (broad SMARTS) is 1. The maximum atomic E-state index is 12.5. The summed E-state index contributed by atoms with van der Waals surface area (Å²) in [5, 5.41) is 9.50. The number of hydrogen-bond acceptors (Lipinski definition) is 6. The van der Waals surface area contributed by atoms with Crippen molar-refractivity contribution in [2.75, 3.05) is 0 Å². The van der Waals surface area contributed by atoms with Crippen LogP contribution in [0.4, 0.5) is 0 Å². The average Bonchev–Trinajstić information content (AvgIpc) is 2.72.